The maximum Gasteiger partial charge on any atom is 0.0752 e. The van der Waals surface area contributed by atoms with Crippen molar-refractivity contribution >= 4 is 0 Å². The van der Waals surface area contributed by atoms with Gasteiger partial charge in [0.25, 0.3) is 0 Å². The van der Waals surface area contributed by atoms with Crippen LogP contribution in [-0.2, 0) is 4.74 Å². The van der Waals surface area contributed by atoms with Crippen LogP contribution in [0.1, 0.15) is 33.6 Å². The third-order valence-corrected chi connectivity index (χ3v) is 1.41. The summed E-state index contributed by atoms with van der Waals surface area (Å²) in [6.07, 6.45) is 4.56. The summed E-state index contributed by atoms with van der Waals surface area (Å²) in [5, 5.41) is 8.42. The lowest BCUT2D eigenvalue weighted by Crippen LogP contribution is -2.23. The van der Waals surface area contributed by atoms with Crippen molar-refractivity contribution in [1.29, 1.82) is 0 Å². The first kappa shape index (κ1) is 10.5. The molecule has 0 aliphatic carbocycles. The second-order valence-electron chi connectivity index (χ2n) is 3.20. The highest BCUT2D eigenvalue weighted by Gasteiger charge is 2.15. The summed E-state index contributed by atoms with van der Waals surface area (Å²) in [4.78, 5) is 0. The zero-order valence-corrected chi connectivity index (χ0v) is 7.63. The van der Waals surface area contributed by atoms with Gasteiger partial charge < -0.3 is 9.84 Å². The summed E-state index contributed by atoms with van der Waals surface area (Å²) in [6, 6.07) is 0. The van der Waals surface area contributed by atoms with Crippen molar-refractivity contribution in [2.75, 3.05) is 6.61 Å². The second-order valence-corrected chi connectivity index (χ2v) is 3.20. The molecule has 0 saturated heterocycles. The number of aliphatic hydroxyl groups excluding tert-OH is 1. The number of hydrogen-bond acceptors (Lipinski definition) is 2. The first-order valence-electron chi connectivity index (χ1n) is 4.05. The fraction of sp³-hybridized carbons (Fsp3) is 0.778. The Hall–Kier alpha value is -0.500. The predicted octanol–water partition coefficient (Wildman–Crippen LogP) is 2.65. The molecule has 0 amide bonds. The van der Waals surface area contributed by atoms with Gasteiger partial charge in [0.2, 0.25) is 0 Å². The molecule has 0 aliphatic rings. The molecule has 0 saturated carbocycles. The van der Waals surface area contributed by atoms with E-state index in [4.69, 9.17) is 9.84 Å². The lowest BCUT2D eigenvalue weighted by Gasteiger charge is -2.23. The minimum Gasteiger partial charge on any atom is -0.516 e. The minimum atomic E-state index is -0.144. The van der Waals surface area contributed by atoms with Gasteiger partial charge in [0.1, 0.15) is 0 Å². The summed E-state index contributed by atoms with van der Waals surface area (Å²) in [7, 11) is 0. The van der Waals surface area contributed by atoms with E-state index in [1.807, 2.05) is 13.8 Å². The molecule has 0 aromatic carbocycles. The maximum absolute atomic E-state index is 8.42. The van der Waals surface area contributed by atoms with Crippen molar-refractivity contribution in [3.8, 4) is 0 Å². The Bertz CT molecular complexity index is 117. The van der Waals surface area contributed by atoms with E-state index in [0.29, 0.717) is 0 Å². The first-order valence-corrected chi connectivity index (χ1v) is 4.05. The Morgan fingerprint density at radius 1 is 1.45 bits per heavy atom. The van der Waals surface area contributed by atoms with Gasteiger partial charge in [-0.05, 0) is 32.8 Å². The van der Waals surface area contributed by atoms with Gasteiger partial charge in [-0.25, -0.2) is 0 Å². The smallest absolute Gasteiger partial charge is 0.0752 e. The predicted molar refractivity (Wildman–Crippen MR) is 46.7 cm³/mol. The number of hydrogen-bond donors (Lipinski definition) is 1. The number of ether oxygens (including phenoxy) is 1. The van der Waals surface area contributed by atoms with Crippen LogP contribution in [0.2, 0.25) is 0 Å². The van der Waals surface area contributed by atoms with Gasteiger partial charge in [-0.1, -0.05) is 6.92 Å². The van der Waals surface area contributed by atoms with Gasteiger partial charge in [-0.2, -0.15) is 0 Å². The van der Waals surface area contributed by atoms with Crippen molar-refractivity contribution in [1.82, 2.24) is 0 Å². The third-order valence-electron chi connectivity index (χ3n) is 1.41. The molecule has 1 N–H and O–H groups in total. The zero-order valence-electron chi connectivity index (χ0n) is 7.63. The van der Waals surface area contributed by atoms with E-state index in [0.717, 1.165) is 25.7 Å². The van der Waals surface area contributed by atoms with E-state index in [1.54, 1.807) is 6.08 Å². The highest BCUT2D eigenvalue weighted by atomic mass is 16.5. The van der Waals surface area contributed by atoms with E-state index in [-0.39, 0.29) is 5.60 Å². The van der Waals surface area contributed by atoms with Crippen molar-refractivity contribution in [2.24, 2.45) is 0 Å². The Kier molecular flexibility index (Phi) is 4.95. The van der Waals surface area contributed by atoms with Crippen molar-refractivity contribution in [3.63, 3.8) is 0 Å². The standard InChI is InChI=1S/C9H18O2/c1-4-8-11-9(2,3)6-5-7-10/h5,7,10H,4,6,8H2,1-3H3/b7-5+. The fourth-order valence-electron chi connectivity index (χ4n) is 0.774. The molecule has 0 aromatic rings. The van der Waals surface area contributed by atoms with E-state index in [1.165, 1.54) is 0 Å². The molecular weight excluding hydrogens is 140 g/mol. The van der Waals surface area contributed by atoms with Crippen LogP contribution in [-0.4, -0.2) is 17.3 Å². The van der Waals surface area contributed by atoms with E-state index >= 15 is 0 Å². The molecule has 0 aliphatic heterocycles. The molecule has 66 valence electrons. The summed E-state index contributed by atoms with van der Waals surface area (Å²) in [5.41, 5.74) is -0.144. The molecule has 0 atom stereocenters. The molecule has 0 spiro atoms. The normalized spacial score (nSPS) is 12.6. The molecular formula is C9H18O2. The van der Waals surface area contributed by atoms with Gasteiger partial charge in [0.05, 0.1) is 11.9 Å². The molecule has 2 heteroatoms. The molecule has 0 rings (SSSR count). The quantitative estimate of drug-likeness (QED) is 0.623. The number of rotatable bonds is 5. The van der Waals surface area contributed by atoms with Crippen molar-refractivity contribution in [2.45, 2.75) is 39.2 Å². The van der Waals surface area contributed by atoms with Crippen LogP contribution in [0.5, 0.6) is 0 Å². The summed E-state index contributed by atoms with van der Waals surface area (Å²) in [5.74, 6) is 0. The van der Waals surface area contributed by atoms with Crippen LogP contribution in [0.3, 0.4) is 0 Å². The zero-order chi connectivity index (χ0) is 8.74. The largest absolute Gasteiger partial charge is 0.516 e. The van der Waals surface area contributed by atoms with Crippen LogP contribution in [0.4, 0.5) is 0 Å². The van der Waals surface area contributed by atoms with Crippen LogP contribution in [0.25, 0.3) is 0 Å². The molecule has 0 unspecified atom stereocenters. The lowest BCUT2D eigenvalue weighted by molar-refractivity contribution is -0.0148. The minimum absolute atomic E-state index is 0.144. The monoisotopic (exact) mass is 158 g/mol. The fourth-order valence-corrected chi connectivity index (χ4v) is 0.774. The average Bonchev–Trinajstić information content (AvgIpc) is 1.97. The van der Waals surface area contributed by atoms with Gasteiger partial charge in [0, 0.05) is 6.61 Å². The van der Waals surface area contributed by atoms with Crippen molar-refractivity contribution < 1.29 is 9.84 Å². The summed E-state index contributed by atoms with van der Waals surface area (Å²) in [6.45, 7) is 6.90. The maximum atomic E-state index is 8.42. The SMILES string of the molecule is CCCOC(C)(C)C/C=C/O. The Labute approximate surface area is 68.9 Å². The first-order chi connectivity index (χ1) is 5.12. The van der Waals surface area contributed by atoms with E-state index in [2.05, 4.69) is 6.92 Å². The van der Waals surface area contributed by atoms with Gasteiger partial charge in [-0.3, -0.25) is 0 Å². The topological polar surface area (TPSA) is 29.5 Å². The summed E-state index contributed by atoms with van der Waals surface area (Å²) < 4.78 is 5.52. The van der Waals surface area contributed by atoms with Crippen molar-refractivity contribution in [3.05, 3.63) is 12.3 Å². The Morgan fingerprint density at radius 2 is 2.09 bits per heavy atom. The van der Waals surface area contributed by atoms with E-state index < -0.39 is 0 Å². The second kappa shape index (κ2) is 5.19. The summed E-state index contributed by atoms with van der Waals surface area (Å²) >= 11 is 0. The Balaban J connectivity index is 3.60. The van der Waals surface area contributed by atoms with Gasteiger partial charge in [-0.15, -0.1) is 0 Å². The highest BCUT2D eigenvalue weighted by molar-refractivity contribution is 4.82. The molecule has 0 heterocycles. The highest BCUT2D eigenvalue weighted by Crippen LogP contribution is 2.14. The molecule has 0 radical (unpaired) electrons. The van der Waals surface area contributed by atoms with Gasteiger partial charge >= 0.3 is 0 Å². The molecule has 0 bridgehead atoms. The van der Waals surface area contributed by atoms with E-state index in [9.17, 15) is 0 Å². The number of aliphatic hydroxyl groups is 1. The molecule has 0 fully saturated rings. The average molecular weight is 158 g/mol. The molecule has 11 heavy (non-hydrogen) atoms. The molecule has 2 nitrogen and oxygen atoms in total. The van der Waals surface area contributed by atoms with Crippen LogP contribution in [0, 0.1) is 0 Å². The van der Waals surface area contributed by atoms with Gasteiger partial charge in [0.15, 0.2) is 0 Å². The van der Waals surface area contributed by atoms with Crippen LogP contribution in [0.15, 0.2) is 12.3 Å². The Morgan fingerprint density at radius 3 is 2.55 bits per heavy atom. The van der Waals surface area contributed by atoms with Crippen LogP contribution < -0.4 is 0 Å². The molecule has 0 aromatic heterocycles. The third kappa shape index (κ3) is 5.92. The lowest BCUT2D eigenvalue weighted by atomic mass is 10.1. The van der Waals surface area contributed by atoms with Crippen LogP contribution >= 0.6 is 0 Å².